The van der Waals surface area contributed by atoms with Gasteiger partial charge in [0.2, 0.25) is 0 Å². The Labute approximate surface area is 198 Å². The summed E-state index contributed by atoms with van der Waals surface area (Å²) in [5.41, 5.74) is 8.05. The van der Waals surface area contributed by atoms with E-state index < -0.39 is 0 Å². The number of hydrogen-bond acceptors (Lipinski definition) is 4. The van der Waals surface area contributed by atoms with Gasteiger partial charge in [0.15, 0.2) is 0 Å². The standard InChI is InChI=1S/C28H31N3O3/c1-17-13-21(19-5-9-33-10-6-19)14-18(2)26(17)20-3-4-23-25(15-20)30-28(32)24-16-29-31(27(23)24)22-7-11-34-12-8-22/h3-4,13-16,19,22H,5-12H2,1-2H3,(H,30,32). The van der Waals surface area contributed by atoms with Crippen molar-refractivity contribution in [3.8, 4) is 11.1 Å². The molecular weight excluding hydrogens is 426 g/mol. The fourth-order valence-electron chi connectivity index (χ4n) is 5.92. The molecule has 2 fully saturated rings. The smallest absolute Gasteiger partial charge is 0.259 e. The molecule has 0 radical (unpaired) electrons. The van der Waals surface area contributed by atoms with Crippen LogP contribution in [0.1, 0.15) is 54.3 Å². The van der Waals surface area contributed by atoms with E-state index >= 15 is 0 Å². The molecule has 1 N–H and O–H groups in total. The van der Waals surface area contributed by atoms with Crippen LogP contribution in [0.2, 0.25) is 0 Å². The van der Waals surface area contributed by atoms with Crippen molar-refractivity contribution in [3.63, 3.8) is 0 Å². The summed E-state index contributed by atoms with van der Waals surface area (Å²) < 4.78 is 13.1. The zero-order chi connectivity index (χ0) is 23.2. The van der Waals surface area contributed by atoms with Gasteiger partial charge in [-0.1, -0.05) is 24.3 Å². The first kappa shape index (κ1) is 21.6. The Bertz CT molecular complexity index is 1400. The molecule has 0 spiro atoms. The maximum Gasteiger partial charge on any atom is 0.259 e. The largest absolute Gasteiger partial charge is 0.381 e. The second-order valence-electron chi connectivity index (χ2n) is 9.83. The Morgan fingerprint density at radius 2 is 1.59 bits per heavy atom. The minimum absolute atomic E-state index is 0.0822. The molecule has 0 amide bonds. The Balaban J connectivity index is 1.45. The van der Waals surface area contributed by atoms with Gasteiger partial charge in [-0.05, 0) is 79.3 Å². The fraction of sp³-hybridized carbons (Fsp3) is 0.429. The highest BCUT2D eigenvalue weighted by Crippen LogP contribution is 2.36. The van der Waals surface area contributed by atoms with Crippen LogP contribution in [-0.2, 0) is 9.47 Å². The molecule has 2 saturated heterocycles. The lowest BCUT2D eigenvalue weighted by Crippen LogP contribution is -2.20. The van der Waals surface area contributed by atoms with E-state index in [1.807, 2.05) is 4.68 Å². The zero-order valence-corrected chi connectivity index (χ0v) is 19.9. The number of benzene rings is 2. The summed E-state index contributed by atoms with van der Waals surface area (Å²) in [5, 5.41) is 6.32. The Morgan fingerprint density at radius 1 is 0.912 bits per heavy atom. The van der Waals surface area contributed by atoms with E-state index in [4.69, 9.17) is 9.47 Å². The number of fused-ring (bicyclic) bond motifs is 3. The van der Waals surface area contributed by atoms with Crippen molar-refractivity contribution in [2.45, 2.75) is 51.5 Å². The molecule has 0 saturated carbocycles. The van der Waals surface area contributed by atoms with Crippen molar-refractivity contribution in [2.75, 3.05) is 26.4 Å². The molecule has 34 heavy (non-hydrogen) atoms. The number of hydrogen-bond donors (Lipinski definition) is 1. The molecule has 2 aromatic heterocycles. The molecule has 0 bridgehead atoms. The molecule has 6 nitrogen and oxygen atoms in total. The fourth-order valence-corrected chi connectivity index (χ4v) is 5.92. The first-order valence-corrected chi connectivity index (χ1v) is 12.4. The monoisotopic (exact) mass is 457 g/mol. The predicted molar refractivity (Wildman–Crippen MR) is 135 cm³/mol. The van der Waals surface area contributed by atoms with Crippen LogP contribution < -0.4 is 5.56 Å². The Kier molecular flexibility index (Phi) is 5.50. The van der Waals surface area contributed by atoms with Crippen molar-refractivity contribution in [1.82, 2.24) is 14.8 Å². The van der Waals surface area contributed by atoms with Gasteiger partial charge in [0.1, 0.15) is 0 Å². The third-order valence-corrected chi connectivity index (χ3v) is 7.64. The molecule has 0 atom stereocenters. The van der Waals surface area contributed by atoms with E-state index in [2.05, 4.69) is 54.3 Å². The molecule has 6 heteroatoms. The van der Waals surface area contributed by atoms with Crippen LogP contribution in [0.15, 0.2) is 41.3 Å². The minimum Gasteiger partial charge on any atom is -0.381 e. The van der Waals surface area contributed by atoms with Crippen LogP contribution in [0.25, 0.3) is 32.9 Å². The van der Waals surface area contributed by atoms with Gasteiger partial charge < -0.3 is 14.5 Å². The number of pyridine rings is 1. The van der Waals surface area contributed by atoms with E-state index in [-0.39, 0.29) is 11.6 Å². The van der Waals surface area contributed by atoms with Crippen LogP contribution in [0.3, 0.4) is 0 Å². The first-order chi connectivity index (χ1) is 16.6. The lowest BCUT2D eigenvalue weighted by atomic mass is 9.86. The number of aromatic amines is 1. The summed E-state index contributed by atoms with van der Waals surface area (Å²) in [4.78, 5) is 16.1. The second-order valence-corrected chi connectivity index (χ2v) is 9.83. The van der Waals surface area contributed by atoms with Gasteiger partial charge in [0, 0.05) is 31.8 Å². The van der Waals surface area contributed by atoms with Crippen molar-refractivity contribution in [3.05, 3.63) is 63.6 Å². The number of aryl methyl sites for hydroxylation is 2. The average molecular weight is 458 g/mol. The quantitative estimate of drug-likeness (QED) is 0.447. The summed E-state index contributed by atoms with van der Waals surface area (Å²) in [7, 11) is 0. The predicted octanol–water partition coefficient (Wildman–Crippen LogP) is 5.41. The van der Waals surface area contributed by atoms with Crippen LogP contribution in [-0.4, -0.2) is 41.2 Å². The van der Waals surface area contributed by atoms with Gasteiger partial charge in [0.05, 0.1) is 28.7 Å². The molecule has 2 aliphatic rings. The molecule has 2 aliphatic heterocycles. The third kappa shape index (κ3) is 3.65. The summed E-state index contributed by atoms with van der Waals surface area (Å²) in [6.45, 7) is 7.56. The Morgan fingerprint density at radius 3 is 2.29 bits per heavy atom. The summed E-state index contributed by atoms with van der Waals surface area (Å²) >= 11 is 0. The molecule has 176 valence electrons. The molecule has 0 unspecified atom stereocenters. The maximum atomic E-state index is 12.9. The highest BCUT2D eigenvalue weighted by Gasteiger charge is 2.22. The maximum absolute atomic E-state index is 12.9. The SMILES string of the molecule is Cc1cc(C2CCOCC2)cc(C)c1-c1ccc2c(c1)[nH]c(=O)c1cnn(C3CCOCC3)c12. The first-order valence-electron chi connectivity index (χ1n) is 12.4. The highest BCUT2D eigenvalue weighted by atomic mass is 16.5. The van der Waals surface area contributed by atoms with Gasteiger partial charge in [0.25, 0.3) is 5.56 Å². The third-order valence-electron chi connectivity index (χ3n) is 7.64. The average Bonchev–Trinajstić information content (AvgIpc) is 3.31. The molecule has 6 rings (SSSR count). The summed E-state index contributed by atoms with van der Waals surface area (Å²) in [5.74, 6) is 0.576. The van der Waals surface area contributed by atoms with Crippen LogP contribution >= 0.6 is 0 Å². The second kappa shape index (κ2) is 8.67. The van der Waals surface area contributed by atoms with Crippen molar-refractivity contribution < 1.29 is 9.47 Å². The number of H-pyrrole nitrogens is 1. The molecule has 4 aromatic rings. The number of aromatic nitrogens is 3. The van der Waals surface area contributed by atoms with Crippen molar-refractivity contribution >= 4 is 21.8 Å². The Hall–Kier alpha value is -2.96. The molecule has 4 heterocycles. The zero-order valence-electron chi connectivity index (χ0n) is 19.9. The minimum atomic E-state index is -0.0822. The summed E-state index contributed by atoms with van der Waals surface area (Å²) in [6.07, 6.45) is 5.72. The number of ether oxygens (including phenoxy) is 2. The lowest BCUT2D eigenvalue weighted by molar-refractivity contribution is 0.0675. The normalized spacial score (nSPS) is 18.2. The molecule has 2 aromatic carbocycles. The van der Waals surface area contributed by atoms with E-state index in [0.717, 1.165) is 74.1 Å². The number of nitrogens with one attached hydrogen (secondary N) is 1. The number of rotatable bonds is 3. The lowest BCUT2D eigenvalue weighted by Gasteiger charge is -2.24. The number of nitrogens with zero attached hydrogens (tertiary/aromatic N) is 2. The van der Waals surface area contributed by atoms with Crippen LogP contribution in [0.5, 0.6) is 0 Å². The van der Waals surface area contributed by atoms with Gasteiger partial charge in [-0.2, -0.15) is 5.10 Å². The van der Waals surface area contributed by atoms with Crippen LogP contribution in [0, 0.1) is 13.8 Å². The van der Waals surface area contributed by atoms with E-state index in [1.54, 1.807) is 6.20 Å². The summed E-state index contributed by atoms with van der Waals surface area (Å²) in [6, 6.07) is 11.4. The van der Waals surface area contributed by atoms with Gasteiger partial charge in [-0.3, -0.25) is 9.48 Å². The molecular formula is C28H31N3O3. The van der Waals surface area contributed by atoms with Crippen molar-refractivity contribution in [1.29, 1.82) is 0 Å². The van der Waals surface area contributed by atoms with E-state index in [9.17, 15) is 4.79 Å². The highest BCUT2D eigenvalue weighted by molar-refractivity contribution is 6.04. The van der Waals surface area contributed by atoms with E-state index in [1.165, 1.54) is 22.3 Å². The van der Waals surface area contributed by atoms with Crippen LogP contribution in [0.4, 0.5) is 0 Å². The van der Waals surface area contributed by atoms with Gasteiger partial charge in [-0.15, -0.1) is 0 Å². The van der Waals surface area contributed by atoms with Gasteiger partial charge in [-0.25, -0.2) is 0 Å². The van der Waals surface area contributed by atoms with Gasteiger partial charge >= 0.3 is 0 Å². The topological polar surface area (TPSA) is 69.1 Å². The molecule has 0 aliphatic carbocycles. The van der Waals surface area contributed by atoms with Crippen molar-refractivity contribution in [2.24, 2.45) is 0 Å². The van der Waals surface area contributed by atoms with E-state index in [0.29, 0.717) is 11.3 Å².